The van der Waals surface area contributed by atoms with Crippen LogP contribution in [0, 0.1) is 0 Å². The number of hydrogen-bond acceptors (Lipinski definition) is 6. The summed E-state index contributed by atoms with van der Waals surface area (Å²) in [6, 6.07) is 10.9. The third kappa shape index (κ3) is 6.37. The van der Waals surface area contributed by atoms with Crippen LogP contribution < -0.4 is 19.1 Å². The van der Waals surface area contributed by atoms with E-state index in [-0.39, 0.29) is 23.9 Å². The zero-order valence-electron chi connectivity index (χ0n) is 20.0. The van der Waals surface area contributed by atoms with Crippen LogP contribution in [0.1, 0.15) is 25.8 Å². The Morgan fingerprint density at radius 1 is 1.06 bits per heavy atom. The molecule has 2 aromatic carbocycles. The predicted octanol–water partition coefficient (Wildman–Crippen LogP) is 2.82. The van der Waals surface area contributed by atoms with E-state index in [0.29, 0.717) is 36.2 Å². The van der Waals surface area contributed by atoms with Gasteiger partial charge in [0, 0.05) is 24.7 Å². The first-order valence-electron chi connectivity index (χ1n) is 11.4. The van der Waals surface area contributed by atoms with E-state index in [4.69, 9.17) is 21.1 Å². The second kappa shape index (κ2) is 11.6. The maximum absolute atomic E-state index is 13.6. The number of anilines is 1. The molecule has 2 amide bonds. The van der Waals surface area contributed by atoms with E-state index in [1.165, 1.54) is 18.9 Å². The number of fused-ring (bicyclic) bond motifs is 1. The van der Waals surface area contributed by atoms with E-state index in [9.17, 15) is 18.0 Å². The average molecular weight is 524 g/mol. The summed E-state index contributed by atoms with van der Waals surface area (Å²) in [4.78, 5) is 27.6. The number of rotatable bonds is 10. The lowest BCUT2D eigenvalue weighted by molar-refractivity contribution is -0.140. The number of hydrogen-bond donors (Lipinski definition) is 1. The van der Waals surface area contributed by atoms with E-state index in [1.807, 2.05) is 0 Å². The summed E-state index contributed by atoms with van der Waals surface area (Å²) < 4.78 is 38.3. The van der Waals surface area contributed by atoms with Crippen LogP contribution in [0.5, 0.6) is 11.5 Å². The molecular formula is C24H30ClN3O6S. The smallest absolute Gasteiger partial charge is 0.244 e. The summed E-state index contributed by atoms with van der Waals surface area (Å²) in [6.45, 7) is 3.69. The summed E-state index contributed by atoms with van der Waals surface area (Å²) in [5.74, 6) is -0.137. The van der Waals surface area contributed by atoms with E-state index in [2.05, 4.69) is 5.32 Å². The van der Waals surface area contributed by atoms with Crippen molar-refractivity contribution < 1.29 is 27.5 Å². The van der Waals surface area contributed by atoms with Gasteiger partial charge in [-0.25, -0.2) is 8.42 Å². The Hall–Kier alpha value is -2.98. The Balaban J connectivity index is 1.97. The summed E-state index contributed by atoms with van der Waals surface area (Å²) in [6.07, 6.45) is 0.351. The Morgan fingerprint density at radius 2 is 1.71 bits per heavy atom. The van der Waals surface area contributed by atoms with Gasteiger partial charge in [0.15, 0.2) is 11.5 Å². The number of halogens is 1. The lowest BCUT2D eigenvalue weighted by Gasteiger charge is -2.33. The minimum atomic E-state index is -3.83. The van der Waals surface area contributed by atoms with Gasteiger partial charge in [-0.2, -0.15) is 0 Å². The van der Waals surface area contributed by atoms with Crippen molar-refractivity contribution in [2.24, 2.45) is 0 Å². The minimum absolute atomic E-state index is 0.114. The highest BCUT2D eigenvalue weighted by Crippen LogP contribution is 2.35. The maximum atomic E-state index is 13.6. The van der Waals surface area contributed by atoms with Gasteiger partial charge in [0.1, 0.15) is 25.8 Å². The summed E-state index contributed by atoms with van der Waals surface area (Å²) >= 11 is 5.99. The van der Waals surface area contributed by atoms with Gasteiger partial charge in [-0.15, -0.1) is 0 Å². The Bertz CT molecular complexity index is 1160. The molecule has 11 heteroatoms. The van der Waals surface area contributed by atoms with Crippen molar-refractivity contribution >= 4 is 39.1 Å². The number of benzene rings is 2. The van der Waals surface area contributed by atoms with Crippen molar-refractivity contribution in [3.8, 4) is 11.5 Å². The number of nitrogens with one attached hydrogen (secondary N) is 1. The molecule has 1 heterocycles. The van der Waals surface area contributed by atoms with Crippen LogP contribution in [-0.2, 0) is 26.2 Å². The average Bonchev–Trinajstić information content (AvgIpc) is 2.87. The number of carbonyl (C=O) groups is 2. The Kier molecular flexibility index (Phi) is 8.85. The van der Waals surface area contributed by atoms with Crippen LogP contribution >= 0.6 is 11.6 Å². The normalized spacial score (nSPS) is 13.6. The molecule has 35 heavy (non-hydrogen) atoms. The highest BCUT2D eigenvalue weighted by Gasteiger charge is 2.32. The summed E-state index contributed by atoms with van der Waals surface area (Å²) in [5.41, 5.74) is 1.04. The van der Waals surface area contributed by atoms with Crippen LogP contribution in [-0.4, -0.2) is 63.7 Å². The number of amides is 2. The van der Waals surface area contributed by atoms with Crippen molar-refractivity contribution in [3.63, 3.8) is 0 Å². The molecule has 0 saturated carbocycles. The van der Waals surface area contributed by atoms with Crippen LogP contribution in [0.15, 0.2) is 42.5 Å². The predicted molar refractivity (Wildman–Crippen MR) is 134 cm³/mol. The zero-order valence-corrected chi connectivity index (χ0v) is 21.6. The third-order valence-corrected chi connectivity index (χ3v) is 7.68. The second-order valence-corrected chi connectivity index (χ2v) is 10.5. The second-order valence-electron chi connectivity index (χ2n) is 7.92. The molecule has 1 atom stereocenters. The van der Waals surface area contributed by atoms with Gasteiger partial charge >= 0.3 is 0 Å². The van der Waals surface area contributed by atoms with Crippen molar-refractivity contribution in [1.82, 2.24) is 10.2 Å². The number of likely N-dealkylation sites (N-methyl/N-ethyl adjacent to an activating group) is 1. The highest BCUT2D eigenvalue weighted by molar-refractivity contribution is 7.92. The standard InChI is InChI=1S/C24H30ClN3O6S/c1-4-20(24(30)26-3)27(15-17-6-8-18(25)9-7-17)23(29)16-28(35(31,32)5-2)19-10-11-21-22(14-19)34-13-12-33-21/h6-11,14,20H,4-5,12-13,15-16H2,1-3H3,(H,26,30). The number of sulfonamides is 1. The molecule has 0 bridgehead atoms. The van der Waals surface area contributed by atoms with Gasteiger partial charge in [-0.05, 0) is 43.2 Å². The molecule has 1 aliphatic rings. The van der Waals surface area contributed by atoms with Crippen molar-refractivity contribution in [1.29, 1.82) is 0 Å². The molecule has 2 aromatic rings. The van der Waals surface area contributed by atoms with Gasteiger partial charge in [-0.1, -0.05) is 30.7 Å². The SMILES string of the molecule is CCC(C(=O)NC)N(Cc1ccc(Cl)cc1)C(=O)CN(c1ccc2c(c1)OCCO2)S(=O)(=O)CC. The summed E-state index contributed by atoms with van der Waals surface area (Å²) in [5, 5.41) is 3.14. The Labute approximate surface area is 211 Å². The van der Waals surface area contributed by atoms with Gasteiger partial charge in [0.25, 0.3) is 0 Å². The first-order valence-corrected chi connectivity index (χ1v) is 13.3. The minimum Gasteiger partial charge on any atom is -0.486 e. The molecule has 0 aliphatic carbocycles. The quantitative estimate of drug-likeness (QED) is 0.513. The molecule has 1 aliphatic heterocycles. The van der Waals surface area contributed by atoms with E-state index in [1.54, 1.807) is 49.4 Å². The lowest BCUT2D eigenvalue weighted by Crippen LogP contribution is -2.52. The van der Waals surface area contributed by atoms with Crippen molar-refractivity contribution in [3.05, 3.63) is 53.1 Å². The fourth-order valence-electron chi connectivity index (χ4n) is 3.78. The molecule has 0 spiro atoms. The van der Waals surface area contributed by atoms with Gasteiger partial charge < -0.3 is 19.7 Å². The van der Waals surface area contributed by atoms with Gasteiger partial charge in [0.05, 0.1) is 11.4 Å². The van der Waals surface area contributed by atoms with Gasteiger partial charge in [-0.3, -0.25) is 13.9 Å². The molecule has 190 valence electrons. The number of carbonyl (C=O) groups excluding carboxylic acids is 2. The van der Waals surface area contributed by atoms with Crippen LogP contribution in [0.2, 0.25) is 5.02 Å². The fraction of sp³-hybridized carbons (Fsp3) is 0.417. The van der Waals surface area contributed by atoms with Crippen LogP contribution in [0.3, 0.4) is 0 Å². The topological polar surface area (TPSA) is 105 Å². The first-order chi connectivity index (χ1) is 16.7. The van der Waals surface area contributed by atoms with E-state index >= 15 is 0 Å². The largest absolute Gasteiger partial charge is 0.486 e. The van der Waals surface area contributed by atoms with Crippen LogP contribution in [0.25, 0.3) is 0 Å². The lowest BCUT2D eigenvalue weighted by atomic mass is 10.1. The molecule has 0 aromatic heterocycles. The third-order valence-electron chi connectivity index (χ3n) is 5.69. The number of ether oxygens (including phenoxy) is 2. The molecule has 3 rings (SSSR count). The van der Waals surface area contributed by atoms with E-state index < -0.39 is 28.5 Å². The molecular weight excluding hydrogens is 494 g/mol. The molecule has 0 radical (unpaired) electrons. The van der Waals surface area contributed by atoms with Crippen molar-refractivity contribution in [2.75, 3.05) is 36.9 Å². The summed E-state index contributed by atoms with van der Waals surface area (Å²) in [7, 11) is -2.33. The first kappa shape index (κ1) is 26.6. The van der Waals surface area contributed by atoms with Gasteiger partial charge in [0.2, 0.25) is 21.8 Å². The highest BCUT2D eigenvalue weighted by atomic mass is 35.5. The zero-order chi connectivity index (χ0) is 25.6. The molecule has 0 fully saturated rings. The van der Waals surface area contributed by atoms with Crippen molar-refractivity contribution in [2.45, 2.75) is 32.9 Å². The molecule has 0 saturated heterocycles. The molecule has 1 N–H and O–H groups in total. The fourth-order valence-corrected chi connectivity index (χ4v) is 4.96. The molecule has 1 unspecified atom stereocenters. The monoisotopic (exact) mass is 523 g/mol. The van der Waals surface area contributed by atoms with Crippen LogP contribution in [0.4, 0.5) is 5.69 Å². The van der Waals surface area contributed by atoms with E-state index in [0.717, 1.165) is 9.87 Å². The maximum Gasteiger partial charge on any atom is 0.244 e. The Morgan fingerprint density at radius 3 is 2.31 bits per heavy atom. The molecule has 9 nitrogen and oxygen atoms in total. The number of nitrogens with zero attached hydrogens (tertiary/aromatic N) is 2.